The van der Waals surface area contributed by atoms with E-state index in [9.17, 15) is 9.18 Å². The minimum Gasteiger partial charge on any atom is -0.493 e. The van der Waals surface area contributed by atoms with E-state index in [0.717, 1.165) is 24.0 Å². The van der Waals surface area contributed by atoms with Crippen molar-refractivity contribution < 1.29 is 18.7 Å². The summed E-state index contributed by atoms with van der Waals surface area (Å²) in [7, 11) is 0. The van der Waals surface area contributed by atoms with Crippen molar-refractivity contribution in [2.45, 2.75) is 42.9 Å². The molecule has 2 unspecified atom stereocenters. The summed E-state index contributed by atoms with van der Waals surface area (Å²) in [5.41, 5.74) is 26.6. The van der Waals surface area contributed by atoms with Crippen LogP contribution in [-0.4, -0.2) is 23.6 Å². The number of thiazole rings is 1. The summed E-state index contributed by atoms with van der Waals surface area (Å²) in [5.74, 6) is 0.0900. The van der Waals surface area contributed by atoms with Gasteiger partial charge in [-0.1, -0.05) is 11.3 Å². The van der Waals surface area contributed by atoms with Gasteiger partial charge in [0.05, 0.1) is 22.9 Å². The number of aromatic nitrogens is 1. The van der Waals surface area contributed by atoms with E-state index >= 15 is 0 Å². The van der Waals surface area contributed by atoms with E-state index in [0.29, 0.717) is 39.9 Å². The van der Waals surface area contributed by atoms with Gasteiger partial charge >= 0.3 is 0 Å². The Balaban J connectivity index is 1.45. The molecule has 3 aliphatic rings. The maximum atomic E-state index is 14.9. The Morgan fingerprint density at radius 1 is 1.27 bits per heavy atom. The molecule has 1 fully saturated rings. The minimum atomic E-state index is -1.06. The molecule has 1 aliphatic heterocycles. The molecular formula is C23H24FN5O3S. The molecule has 8 N–H and O–H groups in total. The SMILES string of the molecule is NC(=O)[C@@H](Oc1cc2c3c(c1)C(N)[C@@](N)(c1cc(F)c4nc(N)sc4c1)C3CCO2)C1CC1. The van der Waals surface area contributed by atoms with E-state index < -0.39 is 29.4 Å². The van der Waals surface area contributed by atoms with Crippen molar-refractivity contribution in [2.75, 3.05) is 12.3 Å². The van der Waals surface area contributed by atoms with Gasteiger partial charge in [-0.25, -0.2) is 9.37 Å². The molecule has 8 nitrogen and oxygen atoms in total. The minimum absolute atomic E-state index is 0.129. The van der Waals surface area contributed by atoms with Crippen molar-refractivity contribution in [3.8, 4) is 11.5 Å². The second-order valence-corrected chi connectivity index (χ2v) is 10.2. The van der Waals surface area contributed by atoms with Crippen LogP contribution in [0.1, 0.15) is 47.9 Å². The fourth-order valence-electron chi connectivity index (χ4n) is 5.39. The van der Waals surface area contributed by atoms with Crippen molar-refractivity contribution in [1.82, 2.24) is 4.98 Å². The maximum absolute atomic E-state index is 14.9. The molecule has 6 rings (SSSR count). The zero-order valence-corrected chi connectivity index (χ0v) is 18.5. The lowest BCUT2D eigenvalue weighted by molar-refractivity contribution is -0.125. The summed E-state index contributed by atoms with van der Waals surface area (Å²) in [6, 6.07) is 6.20. The van der Waals surface area contributed by atoms with Gasteiger partial charge in [0.25, 0.3) is 5.91 Å². The second-order valence-electron chi connectivity index (χ2n) is 9.16. The number of carbonyl (C=O) groups excluding carboxylic acids is 1. The highest BCUT2D eigenvalue weighted by Crippen LogP contribution is 2.58. The first-order valence-electron chi connectivity index (χ1n) is 10.9. The van der Waals surface area contributed by atoms with Crippen LogP contribution in [0.4, 0.5) is 9.52 Å². The average molecular weight is 470 g/mol. The first-order valence-corrected chi connectivity index (χ1v) is 11.8. The molecule has 0 bridgehead atoms. The molecule has 0 radical (unpaired) electrons. The van der Waals surface area contributed by atoms with Crippen molar-refractivity contribution >= 4 is 32.6 Å². The Kier molecular flexibility index (Phi) is 4.39. The van der Waals surface area contributed by atoms with Gasteiger partial charge in [0.2, 0.25) is 0 Å². The predicted octanol–water partition coefficient (Wildman–Crippen LogP) is 2.39. The molecule has 2 aliphatic carbocycles. The maximum Gasteiger partial charge on any atom is 0.258 e. The van der Waals surface area contributed by atoms with Crippen LogP contribution in [0.2, 0.25) is 0 Å². The van der Waals surface area contributed by atoms with Crippen LogP contribution >= 0.6 is 11.3 Å². The number of nitrogens with two attached hydrogens (primary N) is 4. The van der Waals surface area contributed by atoms with Gasteiger partial charge in [0, 0.05) is 23.5 Å². The molecule has 172 valence electrons. The highest BCUT2D eigenvalue weighted by molar-refractivity contribution is 7.22. The number of amides is 1. The number of ether oxygens (including phenoxy) is 2. The molecule has 2 heterocycles. The Labute approximate surface area is 193 Å². The van der Waals surface area contributed by atoms with E-state index in [1.54, 1.807) is 6.07 Å². The third kappa shape index (κ3) is 3.01. The van der Waals surface area contributed by atoms with Crippen molar-refractivity contribution in [3.63, 3.8) is 0 Å². The highest BCUT2D eigenvalue weighted by Gasteiger charge is 2.53. The first kappa shape index (κ1) is 20.6. The summed E-state index contributed by atoms with van der Waals surface area (Å²) in [6.07, 6.45) is 1.76. The number of halogens is 1. The van der Waals surface area contributed by atoms with E-state index in [4.69, 9.17) is 32.4 Å². The fourth-order valence-corrected chi connectivity index (χ4v) is 6.18. The quantitative estimate of drug-likeness (QED) is 0.447. The lowest BCUT2D eigenvalue weighted by atomic mass is 9.75. The van der Waals surface area contributed by atoms with Crippen molar-refractivity contribution in [3.05, 3.63) is 46.8 Å². The standard InChI is InChI=1S/C23H24FN5O3S/c24-14-5-10(6-16-18(14)29-22(27)33-16)23(28)13-3-4-31-15-8-11(7-12(17(13)15)20(23)25)32-19(21(26)30)9-1-2-9/h5-9,13,19-20H,1-4,25,28H2,(H2,26,30)(H2,27,29)/t13?,19-,20?,23+/m0/s1. The molecular weight excluding hydrogens is 445 g/mol. The normalized spacial score (nSPS) is 26.6. The molecule has 1 saturated carbocycles. The van der Waals surface area contributed by atoms with E-state index in [-0.39, 0.29) is 17.4 Å². The van der Waals surface area contributed by atoms with Crippen LogP contribution < -0.4 is 32.4 Å². The third-order valence-electron chi connectivity index (χ3n) is 7.14. The van der Waals surface area contributed by atoms with Gasteiger partial charge < -0.3 is 32.4 Å². The Morgan fingerprint density at radius 3 is 2.79 bits per heavy atom. The number of fused-ring (bicyclic) bond motifs is 1. The number of benzene rings is 2. The third-order valence-corrected chi connectivity index (χ3v) is 7.98. The number of nitrogens with zero attached hydrogens (tertiary/aromatic N) is 1. The van der Waals surface area contributed by atoms with Crippen LogP contribution in [0, 0.1) is 11.7 Å². The van der Waals surface area contributed by atoms with Crippen LogP contribution in [0.3, 0.4) is 0 Å². The largest absolute Gasteiger partial charge is 0.493 e. The number of primary amides is 1. The molecule has 1 aromatic heterocycles. The topological polar surface area (TPSA) is 152 Å². The molecule has 0 spiro atoms. The first-order chi connectivity index (χ1) is 15.8. The van der Waals surface area contributed by atoms with Gasteiger partial charge in [-0.3, -0.25) is 4.79 Å². The lowest BCUT2D eigenvalue weighted by Gasteiger charge is -2.37. The average Bonchev–Trinajstić information content (AvgIpc) is 3.51. The second kappa shape index (κ2) is 7.02. The Bertz CT molecular complexity index is 1310. The van der Waals surface area contributed by atoms with E-state index in [1.165, 1.54) is 17.4 Å². The number of rotatable bonds is 5. The van der Waals surface area contributed by atoms with Crippen LogP contribution in [0.15, 0.2) is 24.3 Å². The molecule has 0 saturated heterocycles. The smallest absolute Gasteiger partial charge is 0.258 e. The van der Waals surface area contributed by atoms with E-state index in [2.05, 4.69) is 4.98 Å². The van der Waals surface area contributed by atoms with Gasteiger partial charge in [-0.2, -0.15) is 0 Å². The summed E-state index contributed by atoms with van der Waals surface area (Å²) < 4.78 is 27.5. The summed E-state index contributed by atoms with van der Waals surface area (Å²) in [6.45, 7) is 0.437. The molecule has 2 aromatic carbocycles. The van der Waals surface area contributed by atoms with Crippen molar-refractivity contribution in [2.24, 2.45) is 23.1 Å². The summed E-state index contributed by atoms with van der Waals surface area (Å²) in [5, 5.41) is 0.293. The summed E-state index contributed by atoms with van der Waals surface area (Å²) in [4.78, 5) is 16.0. The molecule has 3 aromatic rings. The Hall–Kier alpha value is -2.95. The number of hydrogen-bond acceptors (Lipinski definition) is 8. The molecule has 4 atom stereocenters. The molecule has 33 heavy (non-hydrogen) atoms. The van der Waals surface area contributed by atoms with Crippen LogP contribution in [0.25, 0.3) is 10.2 Å². The molecule has 10 heteroatoms. The van der Waals surface area contributed by atoms with Gasteiger partial charge in [0.1, 0.15) is 17.0 Å². The van der Waals surface area contributed by atoms with Gasteiger partial charge in [0.15, 0.2) is 17.1 Å². The zero-order chi connectivity index (χ0) is 23.1. The number of carbonyl (C=O) groups is 1. The summed E-state index contributed by atoms with van der Waals surface area (Å²) >= 11 is 1.21. The lowest BCUT2D eigenvalue weighted by Crippen LogP contribution is -2.48. The zero-order valence-electron chi connectivity index (χ0n) is 17.7. The number of anilines is 1. The van der Waals surface area contributed by atoms with Crippen LogP contribution in [0.5, 0.6) is 11.5 Å². The number of nitrogen functional groups attached to an aromatic ring is 1. The highest BCUT2D eigenvalue weighted by atomic mass is 32.1. The van der Waals surface area contributed by atoms with Crippen LogP contribution in [-0.2, 0) is 10.3 Å². The van der Waals surface area contributed by atoms with Gasteiger partial charge in [-0.05, 0) is 48.6 Å². The van der Waals surface area contributed by atoms with Crippen molar-refractivity contribution in [1.29, 1.82) is 0 Å². The molecule has 1 amide bonds. The number of hydrogen-bond donors (Lipinski definition) is 4. The predicted molar refractivity (Wildman–Crippen MR) is 122 cm³/mol. The van der Waals surface area contributed by atoms with Gasteiger partial charge in [-0.15, -0.1) is 0 Å². The van der Waals surface area contributed by atoms with E-state index in [1.807, 2.05) is 12.1 Å². The fraction of sp³-hybridized carbons (Fsp3) is 0.391. The monoisotopic (exact) mass is 469 g/mol. The Morgan fingerprint density at radius 2 is 2.06 bits per heavy atom.